The van der Waals surface area contributed by atoms with Crippen LogP contribution in [0.1, 0.15) is 53.0 Å². The van der Waals surface area contributed by atoms with Gasteiger partial charge in [0.1, 0.15) is 12.4 Å². The van der Waals surface area contributed by atoms with Crippen molar-refractivity contribution in [3.05, 3.63) is 29.8 Å². The number of guanidine groups is 1. The van der Waals surface area contributed by atoms with Gasteiger partial charge in [-0.25, -0.2) is 0 Å². The molecular weight excluding hydrogens is 336 g/mol. The molecule has 0 aliphatic carbocycles. The number of hydrogen-bond acceptors (Lipinski definition) is 3. The quantitative estimate of drug-likeness (QED) is 0.455. The van der Waals surface area contributed by atoms with Gasteiger partial charge in [0.05, 0.1) is 6.54 Å². The third-order valence-electron chi connectivity index (χ3n) is 5.19. The molecule has 0 radical (unpaired) electrons. The Hall–Kier alpha value is -1.75. The first kappa shape index (κ1) is 21.5. The van der Waals surface area contributed by atoms with Crippen LogP contribution in [0.25, 0.3) is 0 Å². The maximum atomic E-state index is 5.92. The van der Waals surface area contributed by atoms with Gasteiger partial charge in [-0.3, -0.25) is 4.99 Å². The highest BCUT2D eigenvalue weighted by atomic mass is 16.5. The van der Waals surface area contributed by atoms with Crippen molar-refractivity contribution in [2.75, 3.05) is 33.3 Å². The molecule has 1 aromatic rings. The normalized spacial score (nSPS) is 17.2. The Labute approximate surface area is 165 Å². The Morgan fingerprint density at radius 1 is 1.26 bits per heavy atom. The number of likely N-dealkylation sites (tertiary alicyclic amines) is 1. The van der Waals surface area contributed by atoms with Crippen LogP contribution in [0, 0.1) is 0 Å². The number of nitrogens with one attached hydrogen (secondary N) is 2. The Morgan fingerprint density at radius 2 is 1.96 bits per heavy atom. The van der Waals surface area contributed by atoms with E-state index >= 15 is 0 Å². The lowest BCUT2D eigenvalue weighted by Gasteiger charge is -2.35. The standard InChI is InChI=1S/C22H38N4O/c1-17(2)26-13-10-19(11-14-26)25-21(23-6)24-12-15-27-20-9-7-8-18(16-20)22(3,4)5/h7-9,16-17,19H,10-15H2,1-6H3,(H2,23,24,25). The number of nitrogens with zero attached hydrogens (tertiary/aromatic N) is 2. The van der Waals surface area contributed by atoms with Gasteiger partial charge < -0.3 is 20.3 Å². The highest BCUT2D eigenvalue weighted by molar-refractivity contribution is 5.79. The van der Waals surface area contributed by atoms with Crippen molar-refractivity contribution in [3.8, 4) is 5.75 Å². The van der Waals surface area contributed by atoms with Crippen molar-refractivity contribution in [2.24, 2.45) is 4.99 Å². The number of piperidine rings is 1. The molecular formula is C22H38N4O. The van der Waals surface area contributed by atoms with Gasteiger partial charge in [0.15, 0.2) is 5.96 Å². The average Bonchev–Trinajstić information content (AvgIpc) is 2.64. The Kier molecular flexibility index (Phi) is 7.96. The summed E-state index contributed by atoms with van der Waals surface area (Å²) in [4.78, 5) is 6.89. The van der Waals surface area contributed by atoms with Crippen molar-refractivity contribution < 1.29 is 4.74 Å². The Morgan fingerprint density at radius 3 is 2.56 bits per heavy atom. The van der Waals surface area contributed by atoms with E-state index < -0.39 is 0 Å². The second-order valence-electron chi connectivity index (χ2n) is 8.67. The molecule has 0 bridgehead atoms. The fraction of sp³-hybridized carbons (Fsp3) is 0.682. The van der Waals surface area contributed by atoms with Gasteiger partial charge in [-0.05, 0) is 49.8 Å². The lowest BCUT2D eigenvalue weighted by Crippen LogP contribution is -2.50. The zero-order valence-corrected chi connectivity index (χ0v) is 18.0. The molecule has 2 rings (SSSR count). The van der Waals surface area contributed by atoms with E-state index in [2.05, 4.69) is 73.3 Å². The molecule has 27 heavy (non-hydrogen) atoms. The molecule has 0 aromatic heterocycles. The summed E-state index contributed by atoms with van der Waals surface area (Å²) in [5.74, 6) is 1.79. The number of ether oxygens (including phenoxy) is 1. The Balaban J connectivity index is 1.71. The van der Waals surface area contributed by atoms with Crippen LogP contribution in [0.2, 0.25) is 0 Å². The van der Waals surface area contributed by atoms with Crippen LogP contribution in [0.3, 0.4) is 0 Å². The molecule has 0 spiro atoms. The summed E-state index contributed by atoms with van der Waals surface area (Å²) in [5.41, 5.74) is 1.42. The van der Waals surface area contributed by atoms with Gasteiger partial charge in [-0.2, -0.15) is 0 Å². The van der Waals surface area contributed by atoms with Crippen molar-refractivity contribution in [3.63, 3.8) is 0 Å². The van der Waals surface area contributed by atoms with Crippen LogP contribution in [-0.4, -0.2) is 56.2 Å². The molecule has 2 N–H and O–H groups in total. The zero-order chi connectivity index (χ0) is 19.9. The molecule has 5 heteroatoms. The fourth-order valence-electron chi connectivity index (χ4n) is 3.34. The van der Waals surface area contributed by atoms with Crippen molar-refractivity contribution >= 4 is 5.96 Å². The van der Waals surface area contributed by atoms with Crippen molar-refractivity contribution in [1.29, 1.82) is 0 Å². The van der Waals surface area contributed by atoms with Crippen molar-refractivity contribution in [2.45, 2.75) is 65.0 Å². The van der Waals surface area contributed by atoms with Crippen LogP contribution < -0.4 is 15.4 Å². The van der Waals surface area contributed by atoms with E-state index in [1.54, 1.807) is 0 Å². The smallest absolute Gasteiger partial charge is 0.191 e. The highest BCUT2D eigenvalue weighted by Crippen LogP contribution is 2.25. The summed E-state index contributed by atoms with van der Waals surface area (Å²) in [6, 6.07) is 9.50. The fourth-order valence-corrected chi connectivity index (χ4v) is 3.34. The van der Waals surface area contributed by atoms with Crippen molar-refractivity contribution in [1.82, 2.24) is 15.5 Å². The molecule has 1 aliphatic heterocycles. The number of hydrogen-bond donors (Lipinski definition) is 2. The minimum absolute atomic E-state index is 0.134. The molecule has 152 valence electrons. The summed E-state index contributed by atoms with van der Waals surface area (Å²) in [6.45, 7) is 14.8. The van der Waals surface area contributed by atoms with E-state index in [9.17, 15) is 0 Å². The molecule has 1 heterocycles. The minimum atomic E-state index is 0.134. The summed E-state index contributed by atoms with van der Waals surface area (Å²) in [7, 11) is 1.83. The highest BCUT2D eigenvalue weighted by Gasteiger charge is 2.21. The SMILES string of the molecule is CN=C(NCCOc1cccc(C(C)(C)C)c1)NC1CCN(C(C)C)CC1. The summed E-state index contributed by atoms with van der Waals surface area (Å²) in [5, 5.41) is 6.92. The monoisotopic (exact) mass is 374 g/mol. The molecule has 1 fully saturated rings. The molecule has 0 amide bonds. The molecule has 0 atom stereocenters. The number of aliphatic imine (C=N–C) groups is 1. The van der Waals surface area contributed by atoms with Gasteiger partial charge in [-0.15, -0.1) is 0 Å². The first-order chi connectivity index (χ1) is 12.8. The second kappa shape index (κ2) is 9.98. The van der Waals surface area contributed by atoms with Gasteiger partial charge in [0.2, 0.25) is 0 Å². The topological polar surface area (TPSA) is 48.9 Å². The maximum Gasteiger partial charge on any atom is 0.191 e. The molecule has 5 nitrogen and oxygen atoms in total. The summed E-state index contributed by atoms with van der Waals surface area (Å²) in [6.07, 6.45) is 2.32. The predicted molar refractivity (Wildman–Crippen MR) is 115 cm³/mol. The molecule has 1 saturated heterocycles. The van der Waals surface area contributed by atoms with Crippen LogP contribution in [0.15, 0.2) is 29.3 Å². The van der Waals surface area contributed by atoms with Gasteiger partial charge in [-0.1, -0.05) is 32.9 Å². The van der Waals surface area contributed by atoms with E-state index in [1.807, 2.05) is 13.1 Å². The van der Waals surface area contributed by atoms with E-state index in [1.165, 1.54) is 5.56 Å². The lowest BCUT2D eigenvalue weighted by molar-refractivity contribution is 0.167. The van der Waals surface area contributed by atoms with E-state index in [4.69, 9.17) is 4.74 Å². The van der Waals surface area contributed by atoms with Gasteiger partial charge >= 0.3 is 0 Å². The summed E-state index contributed by atoms with van der Waals surface area (Å²) >= 11 is 0. The first-order valence-corrected chi connectivity index (χ1v) is 10.2. The van der Waals surface area contributed by atoms with Crippen LogP contribution in [-0.2, 0) is 5.41 Å². The number of benzene rings is 1. The summed E-state index contributed by atoms with van der Waals surface area (Å²) < 4.78 is 5.92. The third kappa shape index (κ3) is 7.06. The predicted octanol–water partition coefficient (Wildman–Crippen LogP) is 3.40. The first-order valence-electron chi connectivity index (χ1n) is 10.2. The Bertz CT molecular complexity index is 599. The second-order valence-corrected chi connectivity index (χ2v) is 8.67. The van der Waals surface area contributed by atoms with E-state index in [0.29, 0.717) is 18.7 Å². The third-order valence-corrected chi connectivity index (χ3v) is 5.19. The lowest BCUT2D eigenvalue weighted by atomic mass is 9.87. The molecule has 1 aliphatic rings. The van der Waals surface area contributed by atoms with Crippen LogP contribution >= 0.6 is 0 Å². The van der Waals surface area contributed by atoms with E-state index in [0.717, 1.165) is 44.2 Å². The largest absolute Gasteiger partial charge is 0.492 e. The number of rotatable bonds is 6. The van der Waals surface area contributed by atoms with Gasteiger partial charge in [0, 0.05) is 32.2 Å². The maximum absolute atomic E-state index is 5.92. The molecule has 1 aromatic carbocycles. The van der Waals surface area contributed by atoms with E-state index in [-0.39, 0.29) is 5.41 Å². The van der Waals surface area contributed by atoms with Crippen LogP contribution in [0.5, 0.6) is 5.75 Å². The van der Waals surface area contributed by atoms with Crippen LogP contribution in [0.4, 0.5) is 0 Å². The minimum Gasteiger partial charge on any atom is -0.492 e. The molecule has 0 unspecified atom stereocenters. The average molecular weight is 375 g/mol. The zero-order valence-electron chi connectivity index (χ0n) is 18.0. The molecule has 0 saturated carbocycles. The van der Waals surface area contributed by atoms with Gasteiger partial charge in [0.25, 0.3) is 0 Å².